The SMILES string of the molecule is CC[C@H](C)[C@H]1C(=O)O[C@H](C(C)C)C(=O)N(C)[C@@H](C(C)C)C(=O)O[C@H](C(C)C)C(=O)N(C)[C@@H](C)C(=O)O[C@H](C(C)C)C(=O)N1C. The zero-order valence-electron chi connectivity index (χ0n) is 29.1. The summed E-state index contributed by atoms with van der Waals surface area (Å²) in [5.74, 6) is -6.51. The van der Waals surface area contributed by atoms with Crippen molar-refractivity contribution in [2.24, 2.45) is 29.6 Å². The molecule has 1 fully saturated rings. The van der Waals surface area contributed by atoms with Gasteiger partial charge in [-0.15, -0.1) is 0 Å². The summed E-state index contributed by atoms with van der Waals surface area (Å²) in [7, 11) is 4.27. The number of hydrogen-bond acceptors (Lipinski definition) is 9. The number of ether oxygens (including phenoxy) is 3. The van der Waals surface area contributed by atoms with Crippen LogP contribution in [-0.2, 0) is 43.0 Å². The number of nitrogens with zero attached hydrogens (tertiary/aromatic N) is 3. The van der Waals surface area contributed by atoms with Crippen LogP contribution in [0.3, 0.4) is 0 Å². The molecule has 44 heavy (non-hydrogen) atoms. The first-order valence-corrected chi connectivity index (χ1v) is 15.6. The lowest BCUT2D eigenvalue weighted by Gasteiger charge is -2.38. The molecule has 0 unspecified atom stereocenters. The molecule has 0 aromatic rings. The number of cyclic esters (lactones) is 3. The van der Waals surface area contributed by atoms with E-state index >= 15 is 0 Å². The maximum absolute atomic E-state index is 13.9. The van der Waals surface area contributed by atoms with Crippen molar-refractivity contribution in [3.8, 4) is 0 Å². The largest absolute Gasteiger partial charge is 0.450 e. The fourth-order valence-corrected chi connectivity index (χ4v) is 5.13. The van der Waals surface area contributed by atoms with E-state index in [4.69, 9.17) is 14.2 Å². The van der Waals surface area contributed by atoms with E-state index < -0.39 is 95.7 Å². The van der Waals surface area contributed by atoms with Gasteiger partial charge in [-0.3, -0.25) is 14.4 Å². The number of carbonyl (C=O) groups is 6. The number of amides is 3. The summed E-state index contributed by atoms with van der Waals surface area (Å²) in [6.45, 7) is 18.8. The number of esters is 3. The molecule has 1 rings (SSSR count). The second kappa shape index (κ2) is 16.2. The summed E-state index contributed by atoms with van der Waals surface area (Å²) in [6, 6.07) is -3.33. The predicted octanol–water partition coefficient (Wildman–Crippen LogP) is 2.91. The molecule has 1 aliphatic heterocycles. The van der Waals surface area contributed by atoms with E-state index in [1.165, 1.54) is 37.9 Å². The highest BCUT2D eigenvalue weighted by atomic mass is 16.6. The Morgan fingerprint density at radius 3 is 1.18 bits per heavy atom. The van der Waals surface area contributed by atoms with Gasteiger partial charge in [0.05, 0.1) is 0 Å². The van der Waals surface area contributed by atoms with Gasteiger partial charge in [0.1, 0.15) is 18.1 Å². The zero-order chi connectivity index (χ0) is 34.4. The molecule has 7 atom stereocenters. The smallest absolute Gasteiger partial charge is 0.329 e. The van der Waals surface area contributed by atoms with E-state index in [2.05, 4.69) is 0 Å². The standard InChI is InChI=1S/C32H55N3O9/c1-15-20(10)23-32(41)44-26(19(8)9)28(37)34(13)22(16(2)3)31(40)43-24(17(4)5)27(36)33(12)21(11)30(39)42-25(18(6)7)29(38)35(23)14/h16-26H,15H2,1-14H3/t20-,21-,22-,23-,24+,25+,26+/m0/s1. The molecule has 0 aliphatic carbocycles. The van der Waals surface area contributed by atoms with Crippen molar-refractivity contribution in [1.82, 2.24) is 14.7 Å². The van der Waals surface area contributed by atoms with Crippen LogP contribution in [0.15, 0.2) is 0 Å². The first-order valence-electron chi connectivity index (χ1n) is 15.6. The molecule has 3 amide bonds. The molecule has 0 bridgehead atoms. The zero-order valence-corrected chi connectivity index (χ0v) is 29.1. The molecule has 1 saturated heterocycles. The average molecular weight is 626 g/mol. The normalized spacial score (nSPS) is 28.4. The molecular formula is C32H55N3O9. The minimum absolute atomic E-state index is 0.375. The summed E-state index contributed by atoms with van der Waals surface area (Å²) in [5.41, 5.74) is 0. The number of carbonyl (C=O) groups excluding carboxylic acids is 6. The third-order valence-electron chi connectivity index (χ3n) is 8.37. The minimum Gasteiger partial charge on any atom is -0.450 e. The molecule has 0 N–H and O–H groups in total. The second-order valence-corrected chi connectivity index (χ2v) is 13.3. The van der Waals surface area contributed by atoms with Crippen LogP contribution in [0.4, 0.5) is 0 Å². The van der Waals surface area contributed by atoms with Crippen LogP contribution in [0.2, 0.25) is 0 Å². The van der Waals surface area contributed by atoms with E-state index in [0.717, 1.165) is 4.90 Å². The Kier molecular flexibility index (Phi) is 14.3. The van der Waals surface area contributed by atoms with Gasteiger partial charge in [0.25, 0.3) is 17.7 Å². The predicted molar refractivity (Wildman–Crippen MR) is 164 cm³/mol. The van der Waals surface area contributed by atoms with Gasteiger partial charge in [-0.1, -0.05) is 75.7 Å². The molecule has 0 radical (unpaired) electrons. The van der Waals surface area contributed by atoms with E-state index in [1.807, 2.05) is 6.92 Å². The Balaban J connectivity index is 3.86. The average Bonchev–Trinajstić information content (AvgIpc) is 2.93. The van der Waals surface area contributed by atoms with Crippen molar-refractivity contribution in [3.63, 3.8) is 0 Å². The van der Waals surface area contributed by atoms with E-state index in [-0.39, 0.29) is 5.92 Å². The Bertz CT molecular complexity index is 1060. The summed E-state index contributed by atoms with van der Waals surface area (Å²) in [4.78, 5) is 85.5. The van der Waals surface area contributed by atoms with Crippen molar-refractivity contribution in [2.45, 2.75) is 119 Å². The summed E-state index contributed by atoms with van der Waals surface area (Å²) < 4.78 is 17.3. The Morgan fingerprint density at radius 2 is 0.841 bits per heavy atom. The molecule has 0 aromatic carbocycles. The molecule has 1 heterocycles. The Labute approximate surface area is 263 Å². The third kappa shape index (κ3) is 8.94. The van der Waals surface area contributed by atoms with Crippen molar-refractivity contribution < 1.29 is 43.0 Å². The van der Waals surface area contributed by atoms with E-state index in [9.17, 15) is 28.8 Å². The lowest BCUT2D eigenvalue weighted by Crippen LogP contribution is -2.57. The van der Waals surface area contributed by atoms with Gasteiger partial charge in [0.2, 0.25) is 0 Å². The monoisotopic (exact) mass is 625 g/mol. The number of likely N-dealkylation sites (N-methyl/N-ethyl adjacent to an activating group) is 3. The van der Waals surface area contributed by atoms with Gasteiger partial charge < -0.3 is 28.9 Å². The fourth-order valence-electron chi connectivity index (χ4n) is 5.13. The highest BCUT2D eigenvalue weighted by Gasteiger charge is 2.44. The van der Waals surface area contributed by atoms with Crippen molar-refractivity contribution in [3.05, 3.63) is 0 Å². The van der Waals surface area contributed by atoms with Crippen LogP contribution in [-0.4, -0.2) is 108 Å². The molecule has 252 valence electrons. The summed E-state index contributed by atoms with van der Waals surface area (Å²) in [5, 5.41) is 0. The van der Waals surface area contributed by atoms with Gasteiger partial charge in [-0.05, 0) is 36.5 Å². The molecule has 0 spiro atoms. The summed E-state index contributed by atoms with van der Waals surface area (Å²) in [6.07, 6.45) is -3.30. The van der Waals surface area contributed by atoms with Gasteiger partial charge in [-0.2, -0.15) is 0 Å². The lowest BCUT2D eigenvalue weighted by atomic mass is 9.95. The minimum atomic E-state index is -1.27. The Morgan fingerprint density at radius 1 is 0.523 bits per heavy atom. The number of rotatable bonds is 6. The first kappa shape index (κ1) is 38.8. The van der Waals surface area contributed by atoms with Crippen LogP contribution < -0.4 is 0 Å². The van der Waals surface area contributed by atoms with Crippen LogP contribution in [0.25, 0.3) is 0 Å². The third-order valence-corrected chi connectivity index (χ3v) is 8.37. The van der Waals surface area contributed by atoms with Crippen LogP contribution in [0, 0.1) is 29.6 Å². The second-order valence-electron chi connectivity index (χ2n) is 13.3. The lowest BCUT2D eigenvalue weighted by molar-refractivity contribution is -0.180. The first-order chi connectivity index (χ1) is 20.2. The highest BCUT2D eigenvalue weighted by Crippen LogP contribution is 2.24. The maximum Gasteiger partial charge on any atom is 0.329 e. The van der Waals surface area contributed by atoms with E-state index in [0.29, 0.717) is 6.42 Å². The number of hydrogen-bond donors (Lipinski definition) is 0. The quantitative estimate of drug-likeness (QED) is 0.322. The molecule has 12 nitrogen and oxygen atoms in total. The molecule has 1 aliphatic rings. The van der Waals surface area contributed by atoms with Gasteiger partial charge in [0.15, 0.2) is 18.3 Å². The van der Waals surface area contributed by atoms with Crippen LogP contribution in [0.5, 0.6) is 0 Å². The molecule has 0 saturated carbocycles. The fraction of sp³-hybridized carbons (Fsp3) is 0.812. The Hall–Kier alpha value is -3.18. The van der Waals surface area contributed by atoms with Crippen molar-refractivity contribution in [2.75, 3.05) is 21.1 Å². The molecule has 0 aromatic heterocycles. The van der Waals surface area contributed by atoms with Gasteiger partial charge in [0, 0.05) is 21.1 Å². The van der Waals surface area contributed by atoms with Gasteiger partial charge in [-0.25, -0.2) is 14.4 Å². The van der Waals surface area contributed by atoms with Crippen molar-refractivity contribution in [1.29, 1.82) is 0 Å². The van der Waals surface area contributed by atoms with Crippen LogP contribution >= 0.6 is 0 Å². The maximum atomic E-state index is 13.9. The van der Waals surface area contributed by atoms with Crippen LogP contribution in [0.1, 0.15) is 82.6 Å². The highest BCUT2D eigenvalue weighted by molar-refractivity contribution is 5.94. The van der Waals surface area contributed by atoms with Crippen molar-refractivity contribution >= 4 is 35.6 Å². The van der Waals surface area contributed by atoms with E-state index in [1.54, 1.807) is 62.3 Å². The summed E-state index contributed by atoms with van der Waals surface area (Å²) >= 11 is 0. The molecule has 12 heteroatoms. The topological polar surface area (TPSA) is 140 Å². The van der Waals surface area contributed by atoms with Gasteiger partial charge >= 0.3 is 17.9 Å². The molecular weight excluding hydrogens is 570 g/mol.